The number of rotatable bonds is 5. The summed E-state index contributed by atoms with van der Waals surface area (Å²) in [6, 6.07) is 14.3. The fourth-order valence-corrected chi connectivity index (χ4v) is 2.66. The third-order valence-electron chi connectivity index (χ3n) is 3.89. The van der Waals surface area contributed by atoms with Crippen LogP contribution >= 0.6 is 0 Å². The molecule has 0 aliphatic heterocycles. The molecule has 0 unspecified atom stereocenters. The molecule has 2 aromatic carbocycles. The van der Waals surface area contributed by atoms with Crippen molar-refractivity contribution in [1.29, 1.82) is 5.26 Å². The van der Waals surface area contributed by atoms with Crippen LogP contribution in [-0.4, -0.2) is 16.1 Å². The van der Waals surface area contributed by atoms with E-state index in [0.717, 1.165) is 6.42 Å². The van der Waals surface area contributed by atoms with Crippen LogP contribution < -0.4 is 10.3 Å². The summed E-state index contributed by atoms with van der Waals surface area (Å²) in [6.45, 7) is 2.54. The standard InChI is InChI=1S/C19H15N3O4/c1-2-9-26-17-8-3-13-10-14(12-20)19(23)21(18(13)11-17)15-4-6-16(7-5-15)22(24)25/h3-8,10-11H,2,9H2,1H3. The quantitative estimate of drug-likeness (QED) is 0.518. The Morgan fingerprint density at radius 1 is 1.19 bits per heavy atom. The van der Waals surface area contributed by atoms with Gasteiger partial charge in [-0.2, -0.15) is 5.26 Å². The summed E-state index contributed by atoms with van der Waals surface area (Å²) in [6.07, 6.45) is 0.848. The molecule has 26 heavy (non-hydrogen) atoms. The maximum absolute atomic E-state index is 12.7. The third-order valence-corrected chi connectivity index (χ3v) is 3.89. The Morgan fingerprint density at radius 2 is 1.92 bits per heavy atom. The van der Waals surface area contributed by atoms with Crippen LogP contribution in [0, 0.1) is 21.4 Å². The lowest BCUT2D eigenvalue weighted by atomic mass is 10.1. The highest BCUT2D eigenvalue weighted by atomic mass is 16.6. The van der Waals surface area contributed by atoms with E-state index in [1.807, 2.05) is 13.0 Å². The molecule has 1 heterocycles. The van der Waals surface area contributed by atoms with E-state index in [1.54, 1.807) is 18.2 Å². The van der Waals surface area contributed by atoms with Gasteiger partial charge in [0.1, 0.15) is 17.4 Å². The van der Waals surface area contributed by atoms with Gasteiger partial charge in [-0.3, -0.25) is 19.5 Å². The summed E-state index contributed by atoms with van der Waals surface area (Å²) >= 11 is 0. The van der Waals surface area contributed by atoms with E-state index in [9.17, 15) is 20.2 Å². The van der Waals surface area contributed by atoms with Gasteiger partial charge in [0.15, 0.2) is 0 Å². The monoisotopic (exact) mass is 349 g/mol. The summed E-state index contributed by atoms with van der Waals surface area (Å²) in [5.74, 6) is 0.610. The van der Waals surface area contributed by atoms with Crippen molar-refractivity contribution in [2.24, 2.45) is 0 Å². The first kappa shape index (κ1) is 17.2. The number of ether oxygens (including phenoxy) is 1. The van der Waals surface area contributed by atoms with Crippen LogP contribution in [0.5, 0.6) is 5.75 Å². The van der Waals surface area contributed by atoms with Crippen LogP contribution in [0.25, 0.3) is 16.6 Å². The normalized spacial score (nSPS) is 10.5. The number of aromatic nitrogens is 1. The Balaban J connectivity index is 2.26. The SMILES string of the molecule is CCCOc1ccc2cc(C#N)c(=O)n(-c3ccc([N+](=O)[O-])cc3)c2c1. The molecule has 0 atom stereocenters. The molecule has 0 amide bonds. The van der Waals surface area contributed by atoms with Crippen molar-refractivity contribution in [2.75, 3.05) is 6.61 Å². The fourth-order valence-electron chi connectivity index (χ4n) is 2.66. The number of nitrogens with zero attached hydrogens (tertiary/aromatic N) is 3. The Hall–Kier alpha value is -3.66. The highest BCUT2D eigenvalue weighted by molar-refractivity contribution is 5.83. The van der Waals surface area contributed by atoms with E-state index in [-0.39, 0.29) is 11.3 Å². The molecule has 3 aromatic rings. The number of nitriles is 1. The molecule has 0 aliphatic rings. The summed E-state index contributed by atoms with van der Waals surface area (Å²) in [4.78, 5) is 23.1. The molecular formula is C19H15N3O4. The molecule has 0 saturated carbocycles. The second-order valence-electron chi connectivity index (χ2n) is 5.65. The van der Waals surface area contributed by atoms with Crippen molar-refractivity contribution in [3.05, 3.63) is 74.6 Å². The first-order valence-corrected chi connectivity index (χ1v) is 8.02. The molecule has 1 aromatic heterocycles. The number of pyridine rings is 1. The van der Waals surface area contributed by atoms with Crippen LogP contribution in [0.15, 0.2) is 53.3 Å². The average molecular weight is 349 g/mol. The van der Waals surface area contributed by atoms with Crippen molar-refractivity contribution in [3.8, 4) is 17.5 Å². The second-order valence-corrected chi connectivity index (χ2v) is 5.65. The number of hydrogen-bond acceptors (Lipinski definition) is 5. The highest BCUT2D eigenvalue weighted by Gasteiger charge is 2.13. The summed E-state index contributed by atoms with van der Waals surface area (Å²) in [5, 5.41) is 20.8. The molecule has 0 bridgehead atoms. The van der Waals surface area contributed by atoms with Gasteiger partial charge in [0.2, 0.25) is 0 Å². The van der Waals surface area contributed by atoms with Crippen molar-refractivity contribution in [1.82, 2.24) is 4.57 Å². The molecular weight excluding hydrogens is 334 g/mol. The average Bonchev–Trinajstić information content (AvgIpc) is 2.66. The lowest BCUT2D eigenvalue weighted by Gasteiger charge is -2.13. The topological polar surface area (TPSA) is 98.2 Å². The van der Waals surface area contributed by atoms with Crippen LogP contribution in [0.1, 0.15) is 18.9 Å². The maximum atomic E-state index is 12.7. The minimum atomic E-state index is -0.507. The predicted octanol–water partition coefficient (Wildman–Crippen LogP) is 3.56. The zero-order valence-corrected chi connectivity index (χ0v) is 14.0. The number of benzene rings is 2. The van der Waals surface area contributed by atoms with Crippen LogP contribution in [0.2, 0.25) is 0 Å². The van der Waals surface area contributed by atoms with Crippen molar-refractivity contribution in [2.45, 2.75) is 13.3 Å². The molecule has 0 spiro atoms. The predicted molar refractivity (Wildman–Crippen MR) is 96.7 cm³/mol. The van der Waals surface area contributed by atoms with Crippen molar-refractivity contribution in [3.63, 3.8) is 0 Å². The van der Waals surface area contributed by atoms with E-state index < -0.39 is 10.5 Å². The number of non-ortho nitro benzene ring substituents is 1. The van der Waals surface area contributed by atoms with E-state index in [0.29, 0.717) is 28.9 Å². The van der Waals surface area contributed by atoms with Gasteiger partial charge in [-0.1, -0.05) is 6.92 Å². The van der Waals surface area contributed by atoms with E-state index in [2.05, 4.69) is 0 Å². The van der Waals surface area contributed by atoms with Gasteiger partial charge in [0, 0.05) is 29.3 Å². The van der Waals surface area contributed by atoms with Crippen molar-refractivity contribution < 1.29 is 9.66 Å². The first-order chi connectivity index (χ1) is 12.5. The Morgan fingerprint density at radius 3 is 2.54 bits per heavy atom. The molecule has 0 N–H and O–H groups in total. The van der Waals surface area contributed by atoms with Gasteiger partial charge in [-0.15, -0.1) is 0 Å². The first-order valence-electron chi connectivity index (χ1n) is 8.02. The number of nitro benzene ring substituents is 1. The molecule has 130 valence electrons. The summed E-state index contributed by atoms with van der Waals surface area (Å²) in [5.41, 5.74) is 0.445. The molecule has 0 aliphatic carbocycles. The van der Waals surface area contributed by atoms with Gasteiger partial charge >= 0.3 is 0 Å². The molecule has 7 nitrogen and oxygen atoms in total. The molecule has 3 rings (SSSR count). The van der Waals surface area contributed by atoms with E-state index in [4.69, 9.17) is 4.74 Å². The number of fused-ring (bicyclic) bond motifs is 1. The smallest absolute Gasteiger partial charge is 0.273 e. The van der Waals surface area contributed by atoms with Crippen molar-refractivity contribution >= 4 is 16.6 Å². The molecule has 0 fully saturated rings. The minimum Gasteiger partial charge on any atom is -0.494 e. The highest BCUT2D eigenvalue weighted by Crippen LogP contribution is 2.24. The van der Waals surface area contributed by atoms with Gasteiger partial charge in [-0.25, -0.2) is 0 Å². The van der Waals surface area contributed by atoms with Crippen LogP contribution in [0.3, 0.4) is 0 Å². The van der Waals surface area contributed by atoms with Gasteiger partial charge < -0.3 is 4.74 Å². The number of hydrogen-bond donors (Lipinski definition) is 0. The second kappa shape index (κ2) is 7.07. The zero-order chi connectivity index (χ0) is 18.7. The minimum absolute atomic E-state index is 0.00178. The summed E-state index contributed by atoms with van der Waals surface area (Å²) < 4.78 is 7.00. The third kappa shape index (κ3) is 3.13. The maximum Gasteiger partial charge on any atom is 0.273 e. The lowest BCUT2D eigenvalue weighted by molar-refractivity contribution is -0.384. The Bertz CT molecular complexity index is 1080. The Kier molecular flexibility index (Phi) is 4.67. The Labute approximate surface area is 148 Å². The van der Waals surface area contributed by atoms with E-state index in [1.165, 1.54) is 34.9 Å². The van der Waals surface area contributed by atoms with E-state index >= 15 is 0 Å². The molecule has 7 heteroatoms. The van der Waals surface area contributed by atoms with Gasteiger partial charge in [0.25, 0.3) is 11.2 Å². The van der Waals surface area contributed by atoms with Crippen LogP contribution in [0.4, 0.5) is 5.69 Å². The summed E-state index contributed by atoms with van der Waals surface area (Å²) in [7, 11) is 0. The molecule has 0 radical (unpaired) electrons. The lowest BCUT2D eigenvalue weighted by Crippen LogP contribution is -2.21. The number of nitro groups is 1. The zero-order valence-electron chi connectivity index (χ0n) is 14.0. The largest absolute Gasteiger partial charge is 0.494 e. The molecule has 0 saturated heterocycles. The van der Waals surface area contributed by atoms with Gasteiger partial charge in [0.05, 0.1) is 17.0 Å². The van der Waals surface area contributed by atoms with Crippen LogP contribution in [-0.2, 0) is 0 Å². The fraction of sp³-hybridized carbons (Fsp3) is 0.158. The van der Waals surface area contributed by atoms with Gasteiger partial charge in [-0.05, 0) is 36.8 Å².